The molecule has 31 heavy (non-hydrogen) atoms. The molecule has 166 valence electrons. The van der Waals surface area contributed by atoms with Crippen molar-refractivity contribution < 1.29 is 14.3 Å². The fourth-order valence-corrected chi connectivity index (χ4v) is 3.97. The molecular formula is C24H30BrN3O3. The van der Waals surface area contributed by atoms with Crippen molar-refractivity contribution in [3.05, 3.63) is 58.3 Å². The molecule has 3 rings (SSSR count). The first-order valence-electron chi connectivity index (χ1n) is 10.7. The van der Waals surface area contributed by atoms with Crippen molar-refractivity contribution in [1.82, 2.24) is 14.8 Å². The van der Waals surface area contributed by atoms with Gasteiger partial charge >= 0.3 is 0 Å². The van der Waals surface area contributed by atoms with Crippen LogP contribution >= 0.6 is 15.9 Å². The number of pyridine rings is 1. The number of hydrogen-bond acceptors (Lipinski definition) is 4. The van der Waals surface area contributed by atoms with Crippen LogP contribution in [-0.2, 0) is 10.2 Å². The van der Waals surface area contributed by atoms with E-state index in [1.807, 2.05) is 11.0 Å². The van der Waals surface area contributed by atoms with Gasteiger partial charge in [-0.2, -0.15) is 0 Å². The van der Waals surface area contributed by atoms with Crippen molar-refractivity contribution in [3.63, 3.8) is 0 Å². The Bertz CT molecular complexity index is 904. The van der Waals surface area contributed by atoms with E-state index < -0.39 is 0 Å². The number of rotatable bonds is 6. The second-order valence-electron chi connectivity index (χ2n) is 8.76. The van der Waals surface area contributed by atoms with Gasteiger partial charge in [0, 0.05) is 45.0 Å². The molecule has 0 atom stereocenters. The van der Waals surface area contributed by atoms with Crippen molar-refractivity contribution in [1.29, 1.82) is 0 Å². The van der Waals surface area contributed by atoms with Crippen LogP contribution in [-0.4, -0.2) is 59.4 Å². The summed E-state index contributed by atoms with van der Waals surface area (Å²) in [7, 11) is 0. The Morgan fingerprint density at radius 1 is 1.10 bits per heavy atom. The van der Waals surface area contributed by atoms with E-state index in [0.29, 0.717) is 51.2 Å². The normalized spacial score (nSPS) is 14.5. The molecule has 1 aliphatic heterocycles. The highest BCUT2D eigenvalue weighted by Gasteiger charge is 2.24. The fraction of sp³-hybridized carbons (Fsp3) is 0.458. The third-order valence-electron chi connectivity index (χ3n) is 5.42. The van der Waals surface area contributed by atoms with Crippen molar-refractivity contribution in [3.8, 4) is 5.75 Å². The largest absolute Gasteiger partial charge is 0.492 e. The summed E-state index contributed by atoms with van der Waals surface area (Å²) in [5.74, 6) is 0.874. The number of carbonyl (C=O) groups is 2. The number of halogens is 1. The van der Waals surface area contributed by atoms with Gasteiger partial charge in [0.05, 0.1) is 16.6 Å². The molecule has 7 heteroatoms. The molecule has 0 N–H and O–H groups in total. The van der Waals surface area contributed by atoms with Crippen molar-refractivity contribution in [2.45, 2.75) is 39.0 Å². The Morgan fingerprint density at radius 3 is 2.42 bits per heavy atom. The molecule has 0 spiro atoms. The van der Waals surface area contributed by atoms with E-state index >= 15 is 0 Å². The monoisotopic (exact) mass is 487 g/mol. The van der Waals surface area contributed by atoms with Crippen LogP contribution in [0, 0.1) is 0 Å². The molecular weight excluding hydrogens is 458 g/mol. The number of nitrogens with zero attached hydrogens (tertiary/aromatic N) is 3. The number of ether oxygens (including phenoxy) is 1. The second-order valence-corrected chi connectivity index (χ2v) is 9.62. The molecule has 6 nitrogen and oxygen atoms in total. The lowest BCUT2D eigenvalue weighted by molar-refractivity contribution is -0.132. The van der Waals surface area contributed by atoms with Crippen LogP contribution in [0.4, 0.5) is 0 Å². The van der Waals surface area contributed by atoms with Gasteiger partial charge in [-0.15, -0.1) is 0 Å². The van der Waals surface area contributed by atoms with Crippen molar-refractivity contribution in [2.75, 3.05) is 32.8 Å². The van der Waals surface area contributed by atoms with Crippen LogP contribution in [0.3, 0.4) is 0 Å². The molecule has 1 aromatic heterocycles. The van der Waals surface area contributed by atoms with Crippen LogP contribution in [0.25, 0.3) is 0 Å². The first-order chi connectivity index (χ1) is 14.8. The van der Waals surface area contributed by atoms with Crippen LogP contribution in [0.1, 0.15) is 49.5 Å². The van der Waals surface area contributed by atoms with E-state index in [1.54, 1.807) is 29.4 Å². The zero-order chi connectivity index (χ0) is 22.4. The Morgan fingerprint density at radius 2 is 1.81 bits per heavy atom. The average molecular weight is 488 g/mol. The van der Waals surface area contributed by atoms with E-state index in [0.717, 1.165) is 10.2 Å². The molecule has 2 heterocycles. The SMILES string of the molecule is CC(C)(C)c1ccc(OCCCC(=O)N2CCN(C(=O)c3cccnc3)CC2)c(Br)c1. The summed E-state index contributed by atoms with van der Waals surface area (Å²) < 4.78 is 6.79. The summed E-state index contributed by atoms with van der Waals surface area (Å²) in [5, 5.41) is 0. The standard InChI is InChI=1S/C24H30BrN3O3/c1-24(2,3)19-8-9-21(20(25)16-19)31-15-5-7-22(29)27-11-13-28(14-12-27)23(30)18-6-4-10-26-17-18/h4,6,8-10,16-17H,5,7,11-15H2,1-3H3. The molecule has 1 aromatic carbocycles. The highest BCUT2D eigenvalue weighted by Crippen LogP contribution is 2.31. The molecule has 0 bridgehead atoms. The molecule has 2 aromatic rings. The van der Waals surface area contributed by atoms with Gasteiger partial charge in [0.2, 0.25) is 5.91 Å². The number of aromatic nitrogens is 1. The lowest BCUT2D eigenvalue weighted by Gasteiger charge is -2.34. The van der Waals surface area contributed by atoms with Gasteiger partial charge < -0.3 is 14.5 Å². The minimum absolute atomic E-state index is 0.0309. The van der Waals surface area contributed by atoms with Crippen LogP contribution in [0.5, 0.6) is 5.75 Å². The molecule has 1 aliphatic rings. The molecule has 0 unspecified atom stereocenters. The number of hydrogen-bond donors (Lipinski definition) is 0. The maximum atomic E-state index is 12.5. The van der Waals surface area contributed by atoms with Gasteiger partial charge in [0.15, 0.2) is 0 Å². The summed E-state index contributed by atoms with van der Waals surface area (Å²) in [4.78, 5) is 32.6. The lowest BCUT2D eigenvalue weighted by atomic mass is 9.87. The molecule has 0 saturated carbocycles. The Labute approximate surface area is 192 Å². The molecule has 0 aliphatic carbocycles. The average Bonchev–Trinajstić information content (AvgIpc) is 2.77. The fourth-order valence-electron chi connectivity index (χ4n) is 3.48. The van der Waals surface area contributed by atoms with Gasteiger partial charge in [0.1, 0.15) is 5.75 Å². The number of amides is 2. The van der Waals surface area contributed by atoms with E-state index in [1.165, 1.54) is 5.56 Å². The predicted octanol–water partition coefficient (Wildman–Crippen LogP) is 4.29. The van der Waals surface area contributed by atoms with E-state index in [9.17, 15) is 9.59 Å². The zero-order valence-electron chi connectivity index (χ0n) is 18.4. The smallest absolute Gasteiger partial charge is 0.255 e. The van der Waals surface area contributed by atoms with Crippen LogP contribution < -0.4 is 4.74 Å². The quantitative estimate of drug-likeness (QED) is 0.570. The van der Waals surface area contributed by atoms with Gasteiger partial charge in [-0.1, -0.05) is 26.8 Å². The minimum atomic E-state index is -0.0309. The summed E-state index contributed by atoms with van der Waals surface area (Å²) in [6, 6.07) is 9.67. The highest BCUT2D eigenvalue weighted by molar-refractivity contribution is 9.10. The van der Waals surface area contributed by atoms with E-state index in [4.69, 9.17) is 4.74 Å². The Balaban J connectivity index is 1.40. The first kappa shape index (κ1) is 23.3. The second kappa shape index (κ2) is 10.3. The van der Waals surface area contributed by atoms with Gasteiger partial charge in [-0.25, -0.2) is 0 Å². The first-order valence-corrected chi connectivity index (χ1v) is 11.4. The zero-order valence-corrected chi connectivity index (χ0v) is 20.0. The Kier molecular flexibility index (Phi) is 7.70. The van der Waals surface area contributed by atoms with Crippen LogP contribution in [0.2, 0.25) is 0 Å². The van der Waals surface area contributed by atoms with E-state index in [2.05, 4.69) is 53.8 Å². The Hall–Kier alpha value is -2.41. The molecule has 0 radical (unpaired) electrons. The summed E-state index contributed by atoms with van der Waals surface area (Å²) >= 11 is 3.58. The lowest BCUT2D eigenvalue weighted by Crippen LogP contribution is -2.50. The third-order valence-corrected chi connectivity index (χ3v) is 6.04. The number of piperazine rings is 1. The van der Waals surface area contributed by atoms with Gasteiger partial charge in [-0.3, -0.25) is 14.6 Å². The van der Waals surface area contributed by atoms with Crippen LogP contribution in [0.15, 0.2) is 47.2 Å². The maximum absolute atomic E-state index is 12.5. The summed E-state index contributed by atoms with van der Waals surface area (Å²) in [6.07, 6.45) is 4.32. The molecule has 1 fully saturated rings. The predicted molar refractivity (Wildman–Crippen MR) is 124 cm³/mol. The van der Waals surface area contributed by atoms with Crippen molar-refractivity contribution >= 4 is 27.7 Å². The topological polar surface area (TPSA) is 62.7 Å². The van der Waals surface area contributed by atoms with E-state index in [-0.39, 0.29) is 17.2 Å². The van der Waals surface area contributed by atoms with Gasteiger partial charge in [0.25, 0.3) is 5.91 Å². The maximum Gasteiger partial charge on any atom is 0.255 e. The highest BCUT2D eigenvalue weighted by atomic mass is 79.9. The van der Waals surface area contributed by atoms with Gasteiger partial charge in [-0.05, 0) is 57.6 Å². The third kappa shape index (κ3) is 6.29. The minimum Gasteiger partial charge on any atom is -0.492 e. The molecule has 1 saturated heterocycles. The molecule has 2 amide bonds. The van der Waals surface area contributed by atoms with Crippen molar-refractivity contribution in [2.24, 2.45) is 0 Å². The number of benzene rings is 1. The summed E-state index contributed by atoms with van der Waals surface area (Å²) in [5.41, 5.74) is 1.91. The summed E-state index contributed by atoms with van der Waals surface area (Å²) in [6.45, 7) is 9.22. The number of carbonyl (C=O) groups excluding carboxylic acids is 2.